The van der Waals surface area contributed by atoms with Gasteiger partial charge in [-0.05, 0) is 51.5 Å². The second-order valence-corrected chi connectivity index (χ2v) is 8.44. The quantitative estimate of drug-likeness (QED) is 0.835. The lowest BCUT2D eigenvalue weighted by molar-refractivity contribution is -0.140. The molecule has 0 bridgehead atoms. The van der Waals surface area contributed by atoms with Crippen LogP contribution in [0.5, 0.6) is 5.75 Å². The summed E-state index contributed by atoms with van der Waals surface area (Å²) >= 11 is 0. The minimum Gasteiger partial charge on any atom is -0.491 e. The van der Waals surface area contributed by atoms with Crippen molar-refractivity contribution in [1.29, 1.82) is 0 Å². The molecule has 1 fully saturated rings. The van der Waals surface area contributed by atoms with Crippen LogP contribution in [0.3, 0.4) is 0 Å². The van der Waals surface area contributed by atoms with Crippen LogP contribution in [0.4, 0.5) is 0 Å². The number of aliphatic hydroxyl groups excluding tert-OH is 1. The van der Waals surface area contributed by atoms with Crippen LogP contribution in [-0.4, -0.2) is 67.0 Å². The standard InChI is InChI=1S/C17H26N2O5S/c1-12(2)24-16-6-5-15(11-13(16)3)25(22,23)19-9-7-18(8-10-19)17(21)14(4)20/h5-6,11-12,14,20H,7-10H2,1-4H3/t14-/m1/s1. The predicted octanol–water partition coefficient (Wildman–Crippen LogP) is 0.996. The molecule has 2 rings (SSSR count). The molecule has 1 aromatic carbocycles. The van der Waals surface area contributed by atoms with Crippen LogP contribution >= 0.6 is 0 Å². The Hall–Kier alpha value is -1.64. The van der Waals surface area contributed by atoms with E-state index in [0.717, 1.165) is 5.56 Å². The molecule has 1 saturated heterocycles. The largest absolute Gasteiger partial charge is 0.491 e. The van der Waals surface area contributed by atoms with E-state index in [2.05, 4.69) is 0 Å². The van der Waals surface area contributed by atoms with E-state index in [0.29, 0.717) is 5.75 Å². The van der Waals surface area contributed by atoms with Crippen molar-refractivity contribution in [3.05, 3.63) is 23.8 Å². The molecule has 1 amide bonds. The smallest absolute Gasteiger partial charge is 0.251 e. The third kappa shape index (κ3) is 4.50. The minimum absolute atomic E-state index is 0.0145. The van der Waals surface area contributed by atoms with Gasteiger partial charge in [0, 0.05) is 26.2 Å². The fraction of sp³-hybridized carbons (Fsp3) is 0.588. The Morgan fingerprint density at radius 3 is 2.24 bits per heavy atom. The molecule has 7 nitrogen and oxygen atoms in total. The zero-order valence-corrected chi connectivity index (χ0v) is 15.9. The summed E-state index contributed by atoms with van der Waals surface area (Å²) in [5.41, 5.74) is 0.762. The van der Waals surface area contributed by atoms with E-state index >= 15 is 0 Å². The first-order valence-corrected chi connectivity index (χ1v) is 9.81. The fourth-order valence-electron chi connectivity index (χ4n) is 2.73. The summed E-state index contributed by atoms with van der Waals surface area (Å²) in [6, 6.07) is 4.84. The first-order valence-electron chi connectivity index (χ1n) is 8.37. The van der Waals surface area contributed by atoms with E-state index < -0.39 is 16.1 Å². The van der Waals surface area contributed by atoms with Crippen LogP contribution in [0, 0.1) is 6.92 Å². The Morgan fingerprint density at radius 2 is 1.76 bits per heavy atom. The summed E-state index contributed by atoms with van der Waals surface area (Å²) in [4.78, 5) is 13.5. The molecular formula is C17H26N2O5S. The first-order chi connectivity index (χ1) is 11.6. The molecule has 25 heavy (non-hydrogen) atoms. The molecule has 0 spiro atoms. The number of nitrogens with zero attached hydrogens (tertiary/aromatic N) is 2. The highest BCUT2D eigenvalue weighted by Crippen LogP contribution is 2.25. The van der Waals surface area contributed by atoms with Crippen LogP contribution in [0.25, 0.3) is 0 Å². The van der Waals surface area contributed by atoms with Crippen molar-refractivity contribution in [1.82, 2.24) is 9.21 Å². The van der Waals surface area contributed by atoms with Gasteiger partial charge in [-0.15, -0.1) is 0 Å². The monoisotopic (exact) mass is 370 g/mol. The van der Waals surface area contributed by atoms with E-state index in [1.54, 1.807) is 18.2 Å². The molecule has 0 unspecified atom stereocenters. The Balaban J connectivity index is 2.12. The van der Waals surface area contributed by atoms with Gasteiger partial charge in [0.05, 0.1) is 11.0 Å². The molecule has 1 heterocycles. The van der Waals surface area contributed by atoms with Crippen molar-refractivity contribution in [3.63, 3.8) is 0 Å². The van der Waals surface area contributed by atoms with Gasteiger partial charge in [-0.2, -0.15) is 4.31 Å². The molecule has 1 N–H and O–H groups in total. The Kier molecular flexibility index (Phi) is 6.08. The Labute approximate surface area is 149 Å². The van der Waals surface area contributed by atoms with Crippen molar-refractivity contribution in [2.45, 2.75) is 44.8 Å². The minimum atomic E-state index is -3.62. The molecule has 1 aromatic rings. The number of rotatable bonds is 5. The Morgan fingerprint density at radius 1 is 1.16 bits per heavy atom. The molecule has 8 heteroatoms. The van der Waals surface area contributed by atoms with E-state index in [-0.39, 0.29) is 43.1 Å². The fourth-order valence-corrected chi connectivity index (χ4v) is 4.24. The zero-order valence-electron chi connectivity index (χ0n) is 15.1. The number of carbonyl (C=O) groups is 1. The van der Waals surface area contributed by atoms with Gasteiger partial charge in [-0.1, -0.05) is 0 Å². The summed E-state index contributed by atoms with van der Waals surface area (Å²) in [7, 11) is -3.62. The maximum atomic E-state index is 12.8. The molecular weight excluding hydrogens is 344 g/mol. The number of piperazine rings is 1. The topological polar surface area (TPSA) is 87.2 Å². The van der Waals surface area contributed by atoms with Gasteiger partial charge >= 0.3 is 0 Å². The highest BCUT2D eigenvalue weighted by atomic mass is 32.2. The molecule has 1 aliphatic heterocycles. The lowest BCUT2D eigenvalue weighted by Crippen LogP contribution is -2.52. The molecule has 1 atom stereocenters. The number of amides is 1. The third-order valence-corrected chi connectivity index (χ3v) is 5.95. The molecule has 1 aliphatic rings. The SMILES string of the molecule is Cc1cc(S(=O)(=O)N2CCN(C(=O)[C@@H](C)O)CC2)ccc1OC(C)C. The highest BCUT2D eigenvalue weighted by Gasteiger charge is 2.31. The molecule has 0 saturated carbocycles. The van der Waals surface area contributed by atoms with Gasteiger partial charge in [-0.3, -0.25) is 4.79 Å². The molecule has 0 aliphatic carbocycles. The Bertz CT molecular complexity index is 723. The van der Waals surface area contributed by atoms with Crippen molar-refractivity contribution in [2.24, 2.45) is 0 Å². The average Bonchev–Trinajstić information content (AvgIpc) is 2.55. The van der Waals surface area contributed by atoms with Gasteiger partial charge in [-0.25, -0.2) is 8.42 Å². The first kappa shape index (κ1) is 19.7. The maximum Gasteiger partial charge on any atom is 0.251 e. The van der Waals surface area contributed by atoms with Crippen LogP contribution in [0.1, 0.15) is 26.3 Å². The number of hydrogen-bond donors (Lipinski definition) is 1. The molecule has 140 valence electrons. The van der Waals surface area contributed by atoms with Crippen molar-refractivity contribution in [2.75, 3.05) is 26.2 Å². The number of ether oxygens (including phenoxy) is 1. The normalized spacial score (nSPS) is 17.6. The lowest BCUT2D eigenvalue weighted by atomic mass is 10.2. The summed E-state index contributed by atoms with van der Waals surface area (Å²) in [5.74, 6) is 0.296. The number of aryl methyl sites for hydroxylation is 1. The van der Waals surface area contributed by atoms with E-state index in [4.69, 9.17) is 4.74 Å². The second-order valence-electron chi connectivity index (χ2n) is 6.50. The van der Waals surface area contributed by atoms with Crippen molar-refractivity contribution in [3.8, 4) is 5.75 Å². The van der Waals surface area contributed by atoms with E-state index in [9.17, 15) is 18.3 Å². The van der Waals surface area contributed by atoms with Gasteiger partial charge in [0.1, 0.15) is 11.9 Å². The van der Waals surface area contributed by atoms with Gasteiger partial charge < -0.3 is 14.7 Å². The van der Waals surface area contributed by atoms with Gasteiger partial charge in [0.15, 0.2) is 0 Å². The average molecular weight is 370 g/mol. The molecule has 0 radical (unpaired) electrons. The molecule has 0 aromatic heterocycles. The zero-order chi connectivity index (χ0) is 18.8. The van der Waals surface area contributed by atoms with Gasteiger partial charge in [0.25, 0.3) is 5.91 Å². The summed E-state index contributed by atoms with van der Waals surface area (Å²) in [6.07, 6.45) is -1.06. The summed E-state index contributed by atoms with van der Waals surface area (Å²) in [5, 5.41) is 9.36. The van der Waals surface area contributed by atoms with Crippen LogP contribution < -0.4 is 4.74 Å². The van der Waals surface area contributed by atoms with Crippen molar-refractivity contribution >= 4 is 15.9 Å². The number of aliphatic hydroxyl groups is 1. The summed E-state index contributed by atoms with van der Waals surface area (Å²) < 4.78 is 32.6. The van der Waals surface area contributed by atoms with Gasteiger partial charge in [0.2, 0.25) is 10.0 Å². The third-order valence-electron chi connectivity index (χ3n) is 4.05. The van der Waals surface area contributed by atoms with E-state index in [1.807, 2.05) is 20.8 Å². The maximum absolute atomic E-state index is 12.8. The van der Waals surface area contributed by atoms with E-state index in [1.165, 1.54) is 16.1 Å². The number of sulfonamides is 1. The van der Waals surface area contributed by atoms with Crippen LogP contribution in [0.2, 0.25) is 0 Å². The summed E-state index contributed by atoms with van der Waals surface area (Å²) in [6.45, 7) is 8.03. The highest BCUT2D eigenvalue weighted by molar-refractivity contribution is 7.89. The number of hydrogen-bond acceptors (Lipinski definition) is 5. The predicted molar refractivity (Wildman–Crippen MR) is 94.0 cm³/mol. The number of benzene rings is 1. The second kappa shape index (κ2) is 7.72. The van der Waals surface area contributed by atoms with Crippen molar-refractivity contribution < 1.29 is 23.1 Å². The van der Waals surface area contributed by atoms with Crippen LogP contribution in [0.15, 0.2) is 23.1 Å². The number of carbonyl (C=O) groups excluding carboxylic acids is 1. The van der Waals surface area contributed by atoms with Crippen LogP contribution in [-0.2, 0) is 14.8 Å². The lowest BCUT2D eigenvalue weighted by Gasteiger charge is -2.34.